The molecule has 1 aliphatic heterocycles. The van der Waals surface area contributed by atoms with E-state index in [2.05, 4.69) is 20.9 Å². The highest BCUT2D eigenvalue weighted by molar-refractivity contribution is 5.93. The van der Waals surface area contributed by atoms with Crippen molar-refractivity contribution < 1.29 is 9.21 Å². The van der Waals surface area contributed by atoms with Crippen LogP contribution in [0.15, 0.2) is 28.7 Å². The number of nitrogens with zero attached hydrogens (tertiary/aromatic N) is 3. The number of amides is 1. The zero-order chi connectivity index (χ0) is 19.0. The number of benzene rings is 1. The first-order valence-electron chi connectivity index (χ1n) is 9.47. The molecule has 4 rings (SSSR count). The van der Waals surface area contributed by atoms with Crippen LogP contribution in [0.25, 0.3) is 11.0 Å². The van der Waals surface area contributed by atoms with Crippen molar-refractivity contribution in [1.29, 1.82) is 0 Å². The Balaban J connectivity index is 1.53. The molecule has 0 radical (unpaired) electrons. The molecule has 1 aliphatic rings. The number of piperidine rings is 1. The minimum atomic E-state index is -0.256. The van der Waals surface area contributed by atoms with Crippen molar-refractivity contribution in [2.45, 2.75) is 45.7 Å². The SMILES string of the molecule is Cc1c(C(C)NC(=O)c2nnn(C3CCNCC3)c2C)oc2ccccc12. The number of aromatic nitrogens is 3. The molecule has 2 N–H and O–H groups in total. The molecule has 3 heterocycles. The van der Waals surface area contributed by atoms with E-state index in [4.69, 9.17) is 4.42 Å². The number of furan rings is 1. The highest BCUT2D eigenvalue weighted by Crippen LogP contribution is 2.29. The smallest absolute Gasteiger partial charge is 0.274 e. The van der Waals surface area contributed by atoms with Crippen LogP contribution in [0.4, 0.5) is 0 Å². The zero-order valence-corrected chi connectivity index (χ0v) is 16.0. The first-order chi connectivity index (χ1) is 13.1. The van der Waals surface area contributed by atoms with Crippen LogP contribution < -0.4 is 10.6 Å². The molecule has 27 heavy (non-hydrogen) atoms. The molecule has 1 aromatic carbocycles. The van der Waals surface area contributed by atoms with E-state index < -0.39 is 0 Å². The van der Waals surface area contributed by atoms with E-state index in [-0.39, 0.29) is 11.9 Å². The lowest BCUT2D eigenvalue weighted by Crippen LogP contribution is -2.31. The van der Waals surface area contributed by atoms with Gasteiger partial charge >= 0.3 is 0 Å². The second kappa shape index (κ2) is 7.15. The lowest BCUT2D eigenvalue weighted by molar-refractivity contribution is 0.0929. The van der Waals surface area contributed by atoms with Crippen LogP contribution >= 0.6 is 0 Å². The minimum absolute atomic E-state index is 0.222. The van der Waals surface area contributed by atoms with Crippen molar-refractivity contribution in [2.24, 2.45) is 0 Å². The third-order valence-electron chi connectivity index (χ3n) is 5.42. The summed E-state index contributed by atoms with van der Waals surface area (Å²) in [5, 5.41) is 15.8. The van der Waals surface area contributed by atoms with E-state index in [0.717, 1.165) is 53.9 Å². The first-order valence-corrected chi connectivity index (χ1v) is 9.47. The van der Waals surface area contributed by atoms with Crippen LogP contribution in [0, 0.1) is 13.8 Å². The third kappa shape index (κ3) is 3.23. The summed E-state index contributed by atoms with van der Waals surface area (Å²) in [6, 6.07) is 7.95. The standard InChI is InChI=1S/C20H25N5O2/c1-12-16-6-4-5-7-17(16)27-19(12)13(2)22-20(26)18-14(3)25(24-23-18)15-8-10-21-11-9-15/h4-7,13,15,21H,8-11H2,1-3H3,(H,22,26). The van der Waals surface area contributed by atoms with E-state index in [1.54, 1.807) is 0 Å². The highest BCUT2D eigenvalue weighted by atomic mass is 16.3. The number of fused-ring (bicyclic) bond motifs is 1. The number of hydrogen-bond acceptors (Lipinski definition) is 5. The highest BCUT2D eigenvalue weighted by Gasteiger charge is 2.25. The number of para-hydroxylation sites is 1. The molecule has 2 aromatic heterocycles. The molecule has 7 heteroatoms. The average Bonchev–Trinajstić information content (AvgIpc) is 3.23. The minimum Gasteiger partial charge on any atom is -0.459 e. The van der Waals surface area contributed by atoms with Crippen molar-refractivity contribution in [3.05, 3.63) is 47.0 Å². The molecule has 0 spiro atoms. The molecule has 1 atom stereocenters. The van der Waals surface area contributed by atoms with Crippen LogP contribution in [-0.2, 0) is 0 Å². The van der Waals surface area contributed by atoms with Gasteiger partial charge in [-0.05, 0) is 52.8 Å². The number of hydrogen-bond donors (Lipinski definition) is 2. The first kappa shape index (κ1) is 17.7. The normalized spacial score (nSPS) is 16.6. The molecule has 1 unspecified atom stereocenters. The molecule has 7 nitrogen and oxygen atoms in total. The maximum Gasteiger partial charge on any atom is 0.274 e. The number of carbonyl (C=O) groups excluding carboxylic acids is 1. The molecule has 1 saturated heterocycles. The molecular weight excluding hydrogens is 342 g/mol. The predicted octanol–water partition coefficient (Wildman–Crippen LogP) is 3.06. The fourth-order valence-corrected chi connectivity index (χ4v) is 3.89. The second-order valence-corrected chi connectivity index (χ2v) is 7.23. The van der Waals surface area contributed by atoms with Gasteiger partial charge in [-0.1, -0.05) is 23.4 Å². The molecule has 0 bridgehead atoms. The summed E-state index contributed by atoms with van der Waals surface area (Å²) in [6.45, 7) is 7.79. The Morgan fingerprint density at radius 2 is 2.04 bits per heavy atom. The predicted molar refractivity (Wildman–Crippen MR) is 103 cm³/mol. The Morgan fingerprint density at radius 3 is 2.78 bits per heavy atom. The zero-order valence-electron chi connectivity index (χ0n) is 16.0. The summed E-state index contributed by atoms with van der Waals surface area (Å²) < 4.78 is 7.86. The van der Waals surface area contributed by atoms with Crippen molar-refractivity contribution in [2.75, 3.05) is 13.1 Å². The van der Waals surface area contributed by atoms with Crippen molar-refractivity contribution in [3.63, 3.8) is 0 Å². The topological polar surface area (TPSA) is 85.0 Å². The monoisotopic (exact) mass is 367 g/mol. The van der Waals surface area contributed by atoms with Gasteiger partial charge < -0.3 is 15.1 Å². The van der Waals surface area contributed by atoms with Gasteiger partial charge in [0.2, 0.25) is 0 Å². The number of rotatable bonds is 4. The van der Waals surface area contributed by atoms with Crippen LogP contribution in [-0.4, -0.2) is 34.0 Å². The van der Waals surface area contributed by atoms with Gasteiger partial charge in [-0.15, -0.1) is 5.10 Å². The number of aryl methyl sites for hydroxylation is 1. The summed E-state index contributed by atoms with van der Waals surface area (Å²) in [7, 11) is 0. The van der Waals surface area contributed by atoms with Crippen LogP contribution in [0.3, 0.4) is 0 Å². The van der Waals surface area contributed by atoms with E-state index in [1.165, 1.54) is 0 Å². The molecule has 1 fully saturated rings. The maximum absolute atomic E-state index is 12.8. The van der Waals surface area contributed by atoms with Crippen LogP contribution in [0.5, 0.6) is 0 Å². The Hall–Kier alpha value is -2.67. The Labute approximate surface area is 158 Å². The average molecular weight is 367 g/mol. The second-order valence-electron chi connectivity index (χ2n) is 7.23. The van der Waals surface area contributed by atoms with Crippen molar-refractivity contribution in [3.8, 4) is 0 Å². The van der Waals surface area contributed by atoms with Gasteiger partial charge in [0.05, 0.1) is 17.8 Å². The summed E-state index contributed by atoms with van der Waals surface area (Å²) in [4.78, 5) is 12.8. The van der Waals surface area contributed by atoms with Gasteiger partial charge in [0.25, 0.3) is 5.91 Å². The van der Waals surface area contributed by atoms with Gasteiger partial charge in [-0.2, -0.15) is 0 Å². The Morgan fingerprint density at radius 1 is 1.30 bits per heavy atom. The Bertz CT molecular complexity index is 968. The molecular formula is C20H25N5O2. The van der Waals surface area contributed by atoms with Crippen molar-refractivity contribution >= 4 is 16.9 Å². The quantitative estimate of drug-likeness (QED) is 0.740. The fraction of sp³-hybridized carbons (Fsp3) is 0.450. The van der Waals surface area contributed by atoms with E-state index >= 15 is 0 Å². The van der Waals surface area contributed by atoms with Crippen LogP contribution in [0.1, 0.15) is 59.4 Å². The number of carbonyl (C=O) groups is 1. The van der Waals surface area contributed by atoms with E-state index in [0.29, 0.717) is 11.7 Å². The summed E-state index contributed by atoms with van der Waals surface area (Å²) in [6.07, 6.45) is 2.00. The molecule has 0 saturated carbocycles. The molecule has 0 aliphatic carbocycles. The third-order valence-corrected chi connectivity index (χ3v) is 5.42. The van der Waals surface area contributed by atoms with Gasteiger partial charge in [0, 0.05) is 10.9 Å². The lowest BCUT2D eigenvalue weighted by atomic mass is 10.1. The van der Waals surface area contributed by atoms with Crippen LogP contribution in [0.2, 0.25) is 0 Å². The lowest BCUT2D eigenvalue weighted by Gasteiger charge is -2.23. The summed E-state index contributed by atoms with van der Waals surface area (Å²) in [5.41, 5.74) is 3.08. The van der Waals surface area contributed by atoms with Gasteiger partial charge in [-0.3, -0.25) is 4.79 Å². The van der Waals surface area contributed by atoms with Gasteiger partial charge in [-0.25, -0.2) is 4.68 Å². The summed E-state index contributed by atoms with van der Waals surface area (Å²) in [5.74, 6) is 0.549. The fourth-order valence-electron chi connectivity index (χ4n) is 3.89. The van der Waals surface area contributed by atoms with E-state index in [9.17, 15) is 4.79 Å². The molecule has 3 aromatic rings. The van der Waals surface area contributed by atoms with Gasteiger partial charge in [0.1, 0.15) is 11.3 Å². The summed E-state index contributed by atoms with van der Waals surface area (Å²) >= 11 is 0. The van der Waals surface area contributed by atoms with Gasteiger partial charge in [0.15, 0.2) is 5.69 Å². The molecule has 1 amide bonds. The number of nitrogens with one attached hydrogen (secondary N) is 2. The largest absolute Gasteiger partial charge is 0.459 e. The Kier molecular flexibility index (Phi) is 4.70. The van der Waals surface area contributed by atoms with Crippen molar-refractivity contribution in [1.82, 2.24) is 25.6 Å². The molecule has 142 valence electrons. The maximum atomic E-state index is 12.8. The van der Waals surface area contributed by atoms with E-state index in [1.807, 2.05) is 49.7 Å².